The van der Waals surface area contributed by atoms with Crippen LogP contribution in [0.15, 0.2) is 36.8 Å². The zero-order valence-corrected chi connectivity index (χ0v) is 19.2. The van der Waals surface area contributed by atoms with E-state index in [1.165, 1.54) is 6.33 Å². The van der Waals surface area contributed by atoms with Crippen LogP contribution in [0.2, 0.25) is 10.2 Å². The van der Waals surface area contributed by atoms with Crippen molar-refractivity contribution < 1.29 is 24.4 Å². The second-order valence-electron chi connectivity index (χ2n) is 8.10. The number of nitrogens with zero attached hydrogens (tertiary/aromatic N) is 2. The number of hydrogen-bond donors (Lipinski definition) is 3. The molecular formula is C22H25Cl2N3O5. The molecule has 1 aromatic carbocycles. The van der Waals surface area contributed by atoms with Gasteiger partial charge in [-0.15, -0.1) is 0 Å². The average molecular weight is 482 g/mol. The number of nitrogens with one attached hydrogen (secondary N) is 1. The zero-order chi connectivity index (χ0) is 22.9. The number of aliphatic hydroxyl groups excluding tert-OH is 2. The maximum Gasteiger partial charge on any atom is 0.164 e. The zero-order valence-electron chi connectivity index (χ0n) is 17.7. The Kier molecular flexibility index (Phi) is 7.02. The van der Waals surface area contributed by atoms with E-state index in [0.717, 1.165) is 16.6 Å². The van der Waals surface area contributed by atoms with Gasteiger partial charge in [0.25, 0.3) is 0 Å². The summed E-state index contributed by atoms with van der Waals surface area (Å²) in [5.41, 5.74) is 2.30. The quantitative estimate of drug-likeness (QED) is 0.489. The molecule has 2 aliphatic rings. The maximum atomic E-state index is 10.8. The average Bonchev–Trinajstić information content (AvgIpc) is 3.43. The molecule has 4 heterocycles. The van der Waals surface area contributed by atoms with E-state index >= 15 is 0 Å². The molecule has 0 saturated carbocycles. The normalized spacial score (nSPS) is 24.8. The van der Waals surface area contributed by atoms with Crippen LogP contribution < -0.4 is 0 Å². The molecule has 10 heteroatoms. The third-order valence-corrected chi connectivity index (χ3v) is 5.96. The first-order chi connectivity index (χ1) is 15.3. The van der Waals surface area contributed by atoms with E-state index in [-0.39, 0.29) is 18.8 Å². The van der Waals surface area contributed by atoms with Gasteiger partial charge in [-0.1, -0.05) is 29.3 Å². The fourth-order valence-corrected chi connectivity index (χ4v) is 4.45. The molecule has 0 amide bonds. The predicted molar refractivity (Wildman–Crippen MR) is 120 cm³/mol. The minimum atomic E-state index is -0.855. The van der Waals surface area contributed by atoms with Gasteiger partial charge in [-0.05, 0) is 49.6 Å². The summed E-state index contributed by atoms with van der Waals surface area (Å²) in [5, 5.41) is 21.9. The van der Waals surface area contributed by atoms with Crippen LogP contribution in [0, 0.1) is 0 Å². The number of benzene rings is 1. The number of H-pyrrole nitrogens is 1. The number of fused-ring (bicyclic) bond motifs is 2. The third-order valence-electron chi connectivity index (χ3n) is 5.42. The van der Waals surface area contributed by atoms with Gasteiger partial charge < -0.3 is 29.4 Å². The van der Waals surface area contributed by atoms with Crippen LogP contribution in [0.4, 0.5) is 0 Å². The Labute approximate surface area is 195 Å². The molecule has 172 valence electrons. The van der Waals surface area contributed by atoms with Gasteiger partial charge in [-0.2, -0.15) is 0 Å². The predicted octanol–water partition coefficient (Wildman–Crippen LogP) is 3.44. The number of aliphatic hydroxyl groups is 2. The van der Waals surface area contributed by atoms with Crippen molar-refractivity contribution in [3.63, 3.8) is 0 Å². The topological polar surface area (TPSA) is 110 Å². The van der Waals surface area contributed by atoms with E-state index in [0.29, 0.717) is 28.8 Å². The van der Waals surface area contributed by atoms with Crippen molar-refractivity contribution >= 4 is 34.2 Å². The summed E-state index contributed by atoms with van der Waals surface area (Å²) in [4.78, 5) is 10.7. The van der Waals surface area contributed by atoms with Crippen molar-refractivity contribution in [1.82, 2.24) is 15.0 Å². The summed E-state index contributed by atoms with van der Waals surface area (Å²) in [6.07, 6.45) is 1.82. The first kappa shape index (κ1) is 23.4. The van der Waals surface area contributed by atoms with Crippen molar-refractivity contribution in [2.24, 2.45) is 0 Å². The summed E-state index contributed by atoms with van der Waals surface area (Å²) in [5.74, 6) is -0.662. The van der Waals surface area contributed by atoms with Crippen LogP contribution >= 0.6 is 23.2 Å². The first-order valence-electron chi connectivity index (χ1n) is 10.3. The molecule has 0 radical (unpaired) electrons. The van der Waals surface area contributed by atoms with Crippen molar-refractivity contribution in [3.8, 4) is 0 Å². The van der Waals surface area contributed by atoms with Crippen LogP contribution in [0.1, 0.15) is 31.1 Å². The molecule has 32 heavy (non-hydrogen) atoms. The molecule has 2 aromatic heterocycles. The summed E-state index contributed by atoms with van der Waals surface area (Å²) < 4.78 is 17.3. The molecule has 2 saturated heterocycles. The Morgan fingerprint density at radius 1 is 1.22 bits per heavy atom. The Hall–Kier alpha value is -1.78. The van der Waals surface area contributed by atoms with Crippen LogP contribution in [0.5, 0.6) is 0 Å². The second kappa shape index (κ2) is 9.61. The number of ether oxygens (including phenoxy) is 3. The van der Waals surface area contributed by atoms with Crippen molar-refractivity contribution in [3.05, 3.63) is 58.1 Å². The number of rotatable bonds is 4. The van der Waals surface area contributed by atoms with Crippen LogP contribution in [0.3, 0.4) is 0 Å². The number of aromatic nitrogens is 3. The highest BCUT2D eigenvalue weighted by Crippen LogP contribution is 2.40. The monoisotopic (exact) mass is 481 g/mol. The molecule has 3 N–H and O–H groups in total. The van der Waals surface area contributed by atoms with Gasteiger partial charge in [0.1, 0.15) is 41.5 Å². The maximum absolute atomic E-state index is 10.8. The lowest BCUT2D eigenvalue weighted by molar-refractivity contribution is -0.184. The summed E-state index contributed by atoms with van der Waals surface area (Å²) >= 11 is 11.7. The molecule has 2 aliphatic heterocycles. The van der Waals surface area contributed by atoms with Gasteiger partial charge in [0, 0.05) is 17.8 Å². The highest BCUT2D eigenvalue weighted by Gasteiger charge is 2.52. The fourth-order valence-electron chi connectivity index (χ4n) is 4.06. The van der Waals surface area contributed by atoms with Gasteiger partial charge in [0.2, 0.25) is 0 Å². The Morgan fingerprint density at radius 3 is 2.78 bits per heavy atom. The van der Waals surface area contributed by atoms with Gasteiger partial charge in [-0.25, -0.2) is 9.97 Å². The minimum Gasteiger partial charge on any atom is -0.396 e. The molecule has 0 bridgehead atoms. The van der Waals surface area contributed by atoms with Crippen LogP contribution in [-0.2, 0) is 20.6 Å². The molecule has 8 nitrogen and oxygen atoms in total. The molecule has 0 spiro atoms. The number of aromatic amines is 1. The van der Waals surface area contributed by atoms with Gasteiger partial charge >= 0.3 is 0 Å². The highest BCUT2D eigenvalue weighted by molar-refractivity contribution is 6.33. The van der Waals surface area contributed by atoms with E-state index in [4.69, 9.17) is 37.4 Å². The van der Waals surface area contributed by atoms with Crippen molar-refractivity contribution in [1.29, 1.82) is 0 Å². The third kappa shape index (κ3) is 4.92. The minimum absolute atomic E-state index is 0.00964. The lowest BCUT2D eigenvalue weighted by Gasteiger charge is -2.26. The summed E-state index contributed by atoms with van der Waals surface area (Å²) in [6.45, 7) is 4.10. The van der Waals surface area contributed by atoms with Crippen LogP contribution in [-0.4, -0.2) is 62.5 Å². The standard InChI is InChI=1S/C16H21ClO5.C6H4ClN3/c1-16(2)21-12-8-20-15(14(12)22-16)13(19)11-4-3-10(17)7-9(11)5-6-18;7-5-4-1-2-8-6(4)10-3-9-5/h3-4,7,12-15,18-19H,5-6,8H2,1-2H3;1-3H,(H,8,9,10). The number of halogens is 2. The lowest BCUT2D eigenvalue weighted by atomic mass is 9.94. The first-order valence-corrected chi connectivity index (χ1v) is 11.0. The molecule has 3 aromatic rings. The lowest BCUT2D eigenvalue weighted by Crippen LogP contribution is -2.34. The van der Waals surface area contributed by atoms with E-state index in [1.807, 2.05) is 19.9 Å². The van der Waals surface area contributed by atoms with Crippen molar-refractivity contribution in [2.45, 2.75) is 50.5 Å². The fraction of sp³-hybridized carbons (Fsp3) is 0.455. The van der Waals surface area contributed by atoms with E-state index < -0.39 is 18.0 Å². The Morgan fingerprint density at radius 2 is 2.03 bits per heavy atom. The number of hydrogen-bond acceptors (Lipinski definition) is 7. The molecule has 5 rings (SSSR count). The molecule has 0 aliphatic carbocycles. The SMILES string of the molecule is CC1(C)OC2COC(C(O)c3ccc(Cl)cc3CCO)C2O1.Clc1ncnc2[nH]ccc12. The second-order valence-corrected chi connectivity index (χ2v) is 8.90. The molecule has 2 fully saturated rings. The molecule has 4 atom stereocenters. The van der Waals surface area contributed by atoms with Gasteiger partial charge in [-0.3, -0.25) is 0 Å². The largest absolute Gasteiger partial charge is 0.396 e. The summed E-state index contributed by atoms with van der Waals surface area (Å²) in [6, 6.07) is 7.11. The van der Waals surface area contributed by atoms with E-state index in [9.17, 15) is 10.2 Å². The summed E-state index contributed by atoms with van der Waals surface area (Å²) in [7, 11) is 0. The van der Waals surface area contributed by atoms with E-state index in [1.54, 1.807) is 24.4 Å². The molecule has 4 unspecified atom stereocenters. The molecular weight excluding hydrogens is 457 g/mol. The smallest absolute Gasteiger partial charge is 0.164 e. The van der Waals surface area contributed by atoms with E-state index in [2.05, 4.69) is 15.0 Å². The van der Waals surface area contributed by atoms with Crippen molar-refractivity contribution in [2.75, 3.05) is 13.2 Å². The Bertz CT molecular complexity index is 1080. The highest BCUT2D eigenvalue weighted by atomic mass is 35.5. The van der Waals surface area contributed by atoms with Gasteiger partial charge in [0.05, 0.1) is 12.0 Å². The van der Waals surface area contributed by atoms with Crippen LogP contribution in [0.25, 0.3) is 11.0 Å². The van der Waals surface area contributed by atoms with Gasteiger partial charge in [0.15, 0.2) is 5.79 Å². The Balaban J connectivity index is 0.000000203.